The van der Waals surface area contributed by atoms with Crippen molar-refractivity contribution in [3.05, 3.63) is 152 Å². The van der Waals surface area contributed by atoms with E-state index in [1.165, 1.54) is 11.4 Å². The Morgan fingerprint density at radius 3 is 1.22 bits per heavy atom. The predicted octanol–water partition coefficient (Wildman–Crippen LogP) is 8.58. The van der Waals surface area contributed by atoms with E-state index in [0.717, 1.165) is 124 Å². The molecule has 4 aromatic carbocycles. The predicted molar refractivity (Wildman–Crippen MR) is 286 cm³/mol. The minimum Gasteiger partial charge on any atom is -0.492 e. The van der Waals surface area contributed by atoms with Crippen molar-refractivity contribution in [3.63, 3.8) is 0 Å². The second-order valence-corrected chi connectivity index (χ2v) is 17.4. The van der Waals surface area contributed by atoms with Gasteiger partial charge in [-0.15, -0.1) is 24.8 Å². The monoisotopic (exact) mass is 1030 g/mol. The van der Waals surface area contributed by atoms with Gasteiger partial charge in [-0.2, -0.15) is 10.2 Å². The summed E-state index contributed by atoms with van der Waals surface area (Å²) in [5.41, 5.74) is 2.27. The highest BCUT2D eigenvalue weighted by molar-refractivity contribution is 6.31. The number of hydrogen-bond donors (Lipinski definition) is 0. The molecule has 0 N–H and O–H groups in total. The van der Waals surface area contributed by atoms with Gasteiger partial charge in [0.15, 0.2) is 0 Å². The molecule has 0 radical (unpaired) electrons. The van der Waals surface area contributed by atoms with Crippen molar-refractivity contribution < 1.29 is 9.47 Å². The van der Waals surface area contributed by atoms with Gasteiger partial charge in [0, 0.05) is 113 Å². The van der Waals surface area contributed by atoms with E-state index in [1.807, 2.05) is 111 Å². The number of para-hydroxylation sites is 2. The van der Waals surface area contributed by atoms with Crippen LogP contribution in [0.15, 0.2) is 119 Å². The molecule has 2 saturated heterocycles. The van der Waals surface area contributed by atoms with E-state index in [4.69, 9.17) is 32.7 Å². The average molecular weight is 1030 g/mol. The molecule has 0 amide bonds. The highest BCUT2D eigenvalue weighted by Gasteiger charge is 2.20. The van der Waals surface area contributed by atoms with Crippen LogP contribution in [0, 0.1) is 0 Å². The Balaban J connectivity index is 0.000000288. The summed E-state index contributed by atoms with van der Waals surface area (Å²) in [6, 6.07) is 35.4. The van der Waals surface area contributed by atoms with Gasteiger partial charge in [-0.1, -0.05) is 93.0 Å². The Morgan fingerprint density at radius 2 is 0.870 bits per heavy atom. The quantitative estimate of drug-likeness (QED) is 0.0738. The van der Waals surface area contributed by atoms with Gasteiger partial charge >= 0.3 is 11.4 Å². The highest BCUT2D eigenvalue weighted by Crippen LogP contribution is 2.22. The maximum Gasteiger partial charge on any atom is 0.346 e. The van der Waals surface area contributed by atoms with Crippen LogP contribution in [0.25, 0.3) is 0 Å². The third-order valence-corrected chi connectivity index (χ3v) is 12.5. The van der Waals surface area contributed by atoms with Crippen LogP contribution in [0.3, 0.4) is 0 Å². The van der Waals surface area contributed by atoms with Gasteiger partial charge in [-0.25, -0.2) is 19.0 Å². The molecular weight excluding hydrogens is 958 g/mol. The van der Waals surface area contributed by atoms with Gasteiger partial charge in [0.2, 0.25) is 0 Å². The molecule has 14 nitrogen and oxygen atoms in total. The van der Waals surface area contributed by atoms with Crippen LogP contribution < -0.4 is 30.7 Å². The van der Waals surface area contributed by atoms with Crippen molar-refractivity contribution in [2.75, 3.05) is 88.5 Å². The van der Waals surface area contributed by atoms with Crippen molar-refractivity contribution in [2.24, 2.45) is 0 Å². The van der Waals surface area contributed by atoms with E-state index in [1.54, 1.807) is 18.5 Å². The molecule has 0 spiro atoms. The molecule has 0 bridgehead atoms. The second kappa shape index (κ2) is 29.3. The number of hydrogen-bond acceptors (Lipinski definition) is 10. The van der Waals surface area contributed by atoms with E-state index >= 15 is 0 Å². The first-order valence-electron chi connectivity index (χ1n) is 23.4. The topological polar surface area (TPSA) is 111 Å². The molecule has 18 heteroatoms. The van der Waals surface area contributed by atoms with Crippen LogP contribution in [0.1, 0.15) is 45.8 Å². The van der Waals surface area contributed by atoms with Crippen molar-refractivity contribution in [1.82, 2.24) is 38.5 Å². The number of piperazine rings is 2. The lowest BCUT2D eigenvalue weighted by atomic mass is 10.2. The fraction of sp³-hybridized carbons (Fsp3) is 0.451. The second-order valence-electron chi connectivity index (χ2n) is 16.5. The zero-order valence-electron chi connectivity index (χ0n) is 39.2. The molecule has 2 aliphatic heterocycles. The molecule has 2 fully saturated rings. The third-order valence-electron chi connectivity index (χ3n) is 12.1. The Kier molecular flexibility index (Phi) is 24.0. The normalized spacial score (nSPS) is 13.9. The van der Waals surface area contributed by atoms with Crippen LogP contribution in [0.2, 0.25) is 10.0 Å². The SMILES string of the molecule is C.CCc1nn(CCCN2CCN(c3cccc(Cl)c3)CC2)c(=O)n1CCOc1ccccc1.CCc1nn(CCCN2CCN(c3cccc(Cl)c3)CC2)c(=O)n1CCOc1ccccc1.Cl.Cl. The number of aryl methyl sites for hydroxylation is 4. The number of ether oxygens (including phenoxy) is 2. The van der Waals surface area contributed by atoms with Gasteiger partial charge < -0.3 is 19.3 Å². The molecule has 0 aliphatic carbocycles. The van der Waals surface area contributed by atoms with Crippen molar-refractivity contribution in [2.45, 2.75) is 73.1 Å². The lowest BCUT2D eigenvalue weighted by Crippen LogP contribution is -2.46. The van der Waals surface area contributed by atoms with Crippen LogP contribution in [0.5, 0.6) is 11.5 Å². The fourth-order valence-corrected chi connectivity index (χ4v) is 8.84. The summed E-state index contributed by atoms with van der Waals surface area (Å²) < 4.78 is 18.2. The Bertz CT molecular complexity index is 2330. The Morgan fingerprint density at radius 1 is 0.493 bits per heavy atom. The molecule has 0 unspecified atom stereocenters. The van der Waals surface area contributed by atoms with Crippen LogP contribution in [0.4, 0.5) is 11.4 Å². The number of benzene rings is 4. The molecule has 4 heterocycles. The molecule has 8 rings (SSSR count). The molecule has 376 valence electrons. The highest BCUT2D eigenvalue weighted by atomic mass is 35.5. The molecule has 6 aromatic rings. The number of aromatic nitrogens is 6. The minimum atomic E-state index is -0.0470. The van der Waals surface area contributed by atoms with Crippen LogP contribution >= 0.6 is 48.0 Å². The maximum absolute atomic E-state index is 12.9. The lowest BCUT2D eigenvalue weighted by molar-refractivity contribution is 0.248. The summed E-state index contributed by atoms with van der Waals surface area (Å²) in [6.45, 7) is 17.1. The van der Waals surface area contributed by atoms with Gasteiger partial charge in [0.1, 0.15) is 36.4 Å². The van der Waals surface area contributed by atoms with Gasteiger partial charge in [0.25, 0.3) is 0 Å². The van der Waals surface area contributed by atoms with Gasteiger partial charge in [0.05, 0.1) is 13.1 Å². The van der Waals surface area contributed by atoms with E-state index in [9.17, 15) is 9.59 Å². The number of nitrogens with zero attached hydrogens (tertiary/aromatic N) is 10. The largest absolute Gasteiger partial charge is 0.492 e. The summed E-state index contributed by atoms with van der Waals surface area (Å²) in [6.07, 6.45) is 3.24. The van der Waals surface area contributed by atoms with E-state index in [2.05, 4.69) is 41.9 Å². The first kappa shape index (κ1) is 56.6. The summed E-state index contributed by atoms with van der Waals surface area (Å²) in [7, 11) is 0. The lowest BCUT2D eigenvalue weighted by Gasteiger charge is -2.36. The smallest absolute Gasteiger partial charge is 0.346 e. The first-order valence-corrected chi connectivity index (χ1v) is 24.2. The molecule has 0 saturated carbocycles. The fourth-order valence-electron chi connectivity index (χ4n) is 8.47. The zero-order valence-corrected chi connectivity index (χ0v) is 42.4. The molecule has 2 aromatic heterocycles. The van der Waals surface area contributed by atoms with E-state index < -0.39 is 0 Å². The van der Waals surface area contributed by atoms with Crippen LogP contribution in [-0.4, -0.2) is 117 Å². The standard InChI is InChI=1S/2C25H32ClN5O2.CH4.2ClH/c2*1-2-24-27-31(25(32)30(24)18-19-33-23-10-4-3-5-11-23)13-7-12-28-14-16-29(17-15-28)22-9-6-8-21(26)20-22;;;/h2*3-6,8-11,20H,2,7,12-19H2,1H3;1H4;2*1H. The molecule has 0 atom stereocenters. The van der Waals surface area contributed by atoms with Crippen LogP contribution in [-0.2, 0) is 39.0 Å². The average Bonchev–Trinajstić information content (AvgIpc) is 3.82. The number of rotatable bonds is 20. The Labute approximate surface area is 430 Å². The number of halogens is 4. The van der Waals surface area contributed by atoms with Crippen molar-refractivity contribution in [1.29, 1.82) is 0 Å². The van der Waals surface area contributed by atoms with Crippen molar-refractivity contribution in [3.8, 4) is 11.5 Å². The third kappa shape index (κ3) is 16.6. The molecule has 2 aliphatic rings. The summed E-state index contributed by atoms with van der Waals surface area (Å²) in [4.78, 5) is 35.4. The zero-order chi connectivity index (χ0) is 46.1. The van der Waals surface area contributed by atoms with E-state index in [0.29, 0.717) is 39.4 Å². The summed E-state index contributed by atoms with van der Waals surface area (Å²) in [5.74, 6) is 3.25. The van der Waals surface area contributed by atoms with Gasteiger partial charge in [-0.3, -0.25) is 18.9 Å². The van der Waals surface area contributed by atoms with Gasteiger partial charge in [-0.05, 0) is 73.5 Å². The summed E-state index contributed by atoms with van der Waals surface area (Å²) >= 11 is 12.3. The maximum atomic E-state index is 12.9. The minimum absolute atomic E-state index is 0. The number of anilines is 2. The Hall–Kier alpha value is -4.96. The first-order chi connectivity index (χ1) is 32.3. The molecular formula is C51H70Cl4N10O4. The summed E-state index contributed by atoms with van der Waals surface area (Å²) in [5, 5.41) is 10.7. The van der Waals surface area contributed by atoms with E-state index in [-0.39, 0.29) is 43.6 Å². The van der Waals surface area contributed by atoms with Crippen molar-refractivity contribution >= 4 is 59.4 Å². The molecule has 69 heavy (non-hydrogen) atoms.